The minimum atomic E-state index is -4.01. The number of halogens is 2. The number of hydrogen-bond donors (Lipinski definition) is 1. The summed E-state index contributed by atoms with van der Waals surface area (Å²) in [4.78, 5) is 11.6. The molecule has 0 saturated heterocycles. The first-order valence-electron chi connectivity index (χ1n) is 6.39. The minimum absolute atomic E-state index is 0.270. The van der Waals surface area contributed by atoms with E-state index in [0.29, 0.717) is 12.8 Å². The summed E-state index contributed by atoms with van der Waals surface area (Å²) < 4.78 is 57.8. The molecule has 8 heteroatoms. The zero-order chi connectivity index (χ0) is 15.6. The molecule has 2 rings (SSSR count). The van der Waals surface area contributed by atoms with Crippen molar-refractivity contribution >= 4 is 21.7 Å². The van der Waals surface area contributed by atoms with Gasteiger partial charge in [0.15, 0.2) is 0 Å². The van der Waals surface area contributed by atoms with Gasteiger partial charge in [-0.05, 0) is 25.0 Å². The Kier molecular flexibility index (Phi) is 4.46. The molecule has 2 unspecified atom stereocenters. The lowest BCUT2D eigenvalue weighted by atomic mass is 10.1. The van der Waals surface area contributed by atoms with Crippen molar-refractivity contribution in [2.75, 3.05) is 11.8 Å². The van der Waals surface area contributed by atoms with Crippen molar-refractivity contribution < 1.29 is 26.7 Å². The van der Waals surface area contributed by atoms with Gasteiger partial charge in [-0.15, -0.1) is 0 Å². The van der Waals surface area contributed by atoms with Gasteiger partial charge in [0.1, 0.15) is 11.6 Å². The Morgan fingerprint density at radius 2 is 2.05 bits per heavy atom. The maximum Gasteiger partial charge on any atom is 0.310 e. The molecule has 0 aromatic heterocycles. The Morgan fingerprint density at radius 1 is 1.33 bits per heavy atom. The summed E-state index contributed by atoms with van der Waals surface area (Å²) in [5.41, 5.74) is -0.467. The van der Waals surface area contributed by atoms with Crippen LogP contribution in [0, 0.1) is 17.6 Å². The summed E-state index contributed by atoms with van der Waals surface area (Å²) in [6.07, 6.45) is 1.22. The van der Waals surface area contributed by atoms with Gasteiger partial charge in [0.05, 0.1) is 24.0 Å². The predicted molar refractivity (Wildman–Crippen MR) is 72.0 cm³/mol. The maximum atomic E-state index is 13.5. The molecule has 5 nitrogen and oxygen atoms in total. The fourth-order valence-corrected chi connectivity index (χ4v) is 4.29. The average molecular weight is 319 g/mol. The zero-order valence-electron chi connectivity index (χ0n) is 11.3. The van der Waals surface area contributed by atoms with Crippen LogP contribution < -0.4 is 4.72 Å². The molecule has 21 heavy (non-hydrogen) atoms. The second kappa shape index (κ2) is 5.97. The molecule has 2 atom stereocenters. The second-order valence-electron chi connectivity index (χ2n) is 4.87. The zero-order valence-corrected chi connectivity index (χ0v) is 12.1. The molecule has 1 aliphatic carbocycles. The monoisotopic (exact) mass is 319 g/mol. The highest BCUT2D eigenvalue weighted by molar-refractivity contribution is 7.93. The predicted octanol–water partition coefficient (Wildman–Crippen LogP) is 2.05. The van der Waals surface area contributed by atoms with E-state index in [1.807, 2.05) is 4.72 Å². The molecular formula is C13H15F2NO4S. The standard InChI is InChI=1S/C13H15F2NO4S/c1-20-13(17)9-3-2-4-12(9)21(18,19)16-11-7-8(14)5-6-10(11)15/h5-7,9,12,16H,2-4H2,1H3. The van der Waals surface area contributed by atoms with Crippen LogP contribution in [0.4, 0.5) is 14.5 Å². The molecule has 1 N–H and O–H groups in total. The van der Waals surface area contributed by atoms with Crippen molar-refractivity contribution in [1.29, 1.82) is 0 Å². The minimum Gasteiger partial charge on any atom is -0.469 e. The van der Waals surface area contributed by atoms with Gasteiger partial charge in [-0.1, -0.05) is 6.42 Å². The number of anilines is 1. The molecule has 1 aromatic carbocycles. The Balaban J connectivity index is 2.25. The summed E-state index contributed by atoms with van der Waals surface area (Å²) in [5.74, 6) is -3.04. The quantitative estimate of drug-likeness (QED) is 0.862. The van der Waals surface area contributed by atoms with E-state index in [1.165, 1.54) is 7.11 Å². The molecule has 0 heterocycles. The molecule has 1 aliphatic rings. The van der Waals surface area contributed by atoms with Gasteiger partial charge in [0.2, 0.25) is 10.0 Å². The number of carbonyl (C=O) groups is 1. The highest BCUT2D eigenvalue weighted by Gasteiger charge is 2.42. The lowest BCUT2D eigenvalue weighted by molar-refractivity contribution is -0.145. The fourth-order valence-electron chi connectivity index (χ4n) is 2.52. The van der Waals surface area contributed by atoms with Crippen LogP contribution in [0.1, 0.15) is 19.3 Å². The van der Waals surface area contributed by atoms with Gasteiger partial charge in [-0.25, -0.2) is 17.2 Å². The highest BCUT2D eigenvalue weighted by Crippen LogP contribution is 2.33. The lowest BCUT2D eigenvalue weighted by Crippen LogP contribution is -2.35. The van der Waals surface area contributed by atoms with E-state index in [2.05, 4.69) is 4.74 Å². The van der Waals surface area contributed by atoms with Crippen LogP contribution in [-0.4, -0.2) is 26.7 Å². The van der Waals surface area contributed by atoms with Crippen LogP contribution in [0.3, 0.4) is 0 Å². The Labute approximate surface area is 121 Å². The third kappa shape index (κ3) is 3.31. The smallest absolute Gasteiger partial charge is 0.310 e. The molecule has 0 aliphatic heterocycles. The van der Waals surface area contributed by atoms with E-state index < -0.39 is 44.5 Å². The topological polar surface area (TPSA) is 72.5 Å². The summed E-state index contributed by atoms with van der Waals surface area (Å²) in [6, 6.07) is 2.48. The largest absolute Gasteiger partial charge is 0.469 e. The van der Waals surface area contributed by atoms with Crippen molar-refractivity contribution in [3.63, 3.8) is 0 Å². The molecule has 0 radical (unpaired) electrons. The van der Waals surface area contributed by atoms with E-state index >= 15 is 0 Å². The van der Waals surface area contributed by atoms with Gasteiger partial charge in [0.25, 0.3) is 0 Å². The SMILES string of the molecule is COC(=O)C1CCCC1S(=O)(=O)Nc1cc(F)ccc1F. The third-order valence-electron chi connectivity index (χ3n) is 3.54. The van der Waals surface area contributed by atoms with E-state index in [4.69, 9.17) is 0 Å². The van der Waals surface area contributed by atoms with Crippen LogP contribution >= 0.6 is 0 Å². The van der Waals surface area contributed by atoms with E-state index in [1.54, 1.807) is 0 Å². The number of esters is 1. The van der Waals surface area contributed by atoms with Crippen LogP contribution in [-0.2, 0) is 19.6 Å². The molecule has 116 valence electrons. The number of nitrogens with one attached hydrogen (secondary N) is 1. The number of sulfonamides is 1. The summed E-state index contributed by atoms with van der Waals surface area (Å²) in [5, 5.41) is -1.01. The molecule has 0 bridgehead atoms. The molecule has 1 saturated carbocycles. The summed E-state index contributed by atoms with van der Waals surface area (Å²) >= 11 is 0. The third-order valence-corrected chi connectivity index (χ3v) is 5.40. The van der Waals surface area contributed by atoms with Crippen molar-refractivity contribution in [3.05, 3.63) is 29.8 Å². The molecule has 0 amide bonds. The van der Waals surface area contributed by atoms with Crippen molar-refractivity contribution in [2.45, 2.75) is 24.5 Å². The molecule has 1 fully saturated rings. The molecular weight excluding hydrogens is 304 g/mol. The van der Waals surface area contributed by atoms with E-state index in [9.17, 15) is 22.0 Å². The Hall–Kier alpha value is -1.70. The number of benzene rings is 1. The van der Waals surface area contributed by atoms with Gasteiger partial charge in [-0.2, -0.15) is 0 Å². The molecule has 1 aromatic rings. The summed E-state index contributed by atoms with van der Waals surface area (Å²) in [6.45, 7) is 0. The summed E-state index contributed by atoms with van der Waals surface area (Å²) in [7, 11) is -2.83. The van der Waals surface area contributed by atoms with Crippen molar-refractivity contribution in [1.82, 2.24) is 0 Å². The van der Waals surface area contributed by atoms with Crippen LogP contribution in [0.25, 0.3) is 0 Å². The van der Waals surface area contributed by atoms with Crippen LogP contribution in [0.2, 0.25) is 0 Å². The van der Waals surface area contributed by atoms with Gasteiger partial charge in [0, 0.05) is 6.07 Å². The first-order valence-corrected chi connectivity index (χ1v) is 7.94. The van der Waals surface area contributed by atoms with Gasteiger partial charge < -0.3 is 4.74 Å². The van der Waals surface area contributed by atoms with Crippen molar-refractivity contribution in [2.24, 2.45) is 5.92 Å². The van der Waals surface area contributed by atoms with Gasteiger partial charge in [-0.3, -0.25) is 9.52 Å². The fraction of sp³-hybridized carbons (Fsp3) is 0.462. The van der Waals surface area contributed by atoms with Crippen LogP contribution in [0.5, 0.6) is 0 Å². The second-order valence-corrected chi connectivity index (χ2v) is 6.77. The highest BCUT2D eigenvalue weighted by atomic mass is 32.2. The number of rotatable bonds is 4. The first kappa shape index (κ1) is 15.7. The van der Waals surface area contributed by atoms with Gasteiger partial charge >= 0.3 is 5.97 Å². The molecule has 0 spiro atoms. The van der Waals surface area contributed by atoms with E-state index in [-0.39, 0.29) is 6.42 Å². The maximum absolute atomic E-state index is 13.5. The Morgan fingerprint density at radius 3 is 2.71 bits per heavy atom. The van der Waals surface area contributed by atoms with Crippen LogP contribution in [0.15, 0.2) is 18.2 Å². The number of carbonyl (C=O) groups excluding carboxylic acids is 1. The van der Waals surface area contributed by atoms with E-state index in [0.717, 1.165) is 18.2 Å². The first-order chi connectivity index (χ1) is 9.85. The number of methoxy groups -OCH3 is 1. The van der Waals surface area contributed by atoms with Crippen molar-refractivity contribution in [3.8, 4) is 0 Å². The number of hydrogen-bond acceptors (Lipinski definition) is 4. The Bertz CT molecular complexity index is 648. The average Bonchev–Trinajstić information content (AvgIpc) is 2.92. The number of ether oxygens (including phenoxy) is 1. The normalized spacial score (nSPS) is 22.0. The lowest BCUT2D eigenvalue weighted by Gasteiger charge is -2.19.